The van der Waals surface area contributed by atoms with Crippen LogP contribution in [0.5, 0.6) is 0 Å². The molecule has 0 fully saturated rings. The van der Waals surface area contributed by atoms with Crippen molar-refractivity contribution in [3.63, 3.8) is 0 Å². The van der Waals surface area contributed by atoms with Crippen LogP contribution in [-0.2, 0) is 11.3 Å². The van der Waals surface area contributed by atoms with Crippen molar-refractivity contribution in [2.24, 2.45) is 0 Å². The Hall–Kier alpha value is -3.57. The van der Waals surface area contributed by atoms with E-state index in [1.807, 2.05) is 0 Å². The summed E-state index contributed by atoms with van der Waals surface area (Å²) in [5.41, 5.74) is 0.416. The second-order valence-electron chi connectivity index (χ2n) is 8.50. The molecule has 8 nitrogen and oxygen atoms in total. The van der Waals surface area contributed by atoms with Crippen molar-refractivity contribution in [2.75, 3.05) is 38.7 Å². The Morgan fingerprint density at radius 1 is 1.13 bits per heavy atom. The number of ether oxygens (including phenoxy) is 1. The summed E-state index contributed by atoms with van der Waals surface area (Å²) in [7, 11) is 1.54. The molecular weight excluding hydrogens is 523 g/mol. The molecule has 3 amide bonds. The van der Waals surface area contributed by atoms with E-state index in [1.165, 1.54) is 41.4 Å². The number of amides is 3. The molecule has 3 rings (SSSR count). The number of urea groups is 1. The minimum atomic E-state index is -0.797. The van der Waals surface area contributed by atoms with Crippen LogP contribution in [-0.4, -0.2) is 61.5 Å². The number of rotatable bonds is 12. The molecule has 0 radical (unpaired) electrons. The fourth-order valence-corrected chi connectivity index (χ4v) is 3.88. The van der Waals surface area contributed by atoms with Crippen LogP contribution in [0.3, 0.4) is 0 Å². The van der Waals surface area contributed by atoms with Gasteiger partial charge in [0, 0.05) is 31.7 Å². The minimum Gasteiger partial charge on any atom is -0.447 e. The van der Waals surface area contributed by atoms with Crippen LogP contribution in [0.1, 0.15) is 18.4 Å². The van der Waals surface area contributed by atoms with Crippen LogP contribution in [0.4, 0.5) is 28.6 Å². The van der Waals surface area contributed by atoms with Crippen LogP contribution < -0.4 is 16.0 Å². The van der Waals surface area contributed by atoms with Gasteiger partial charge in [-0.3, -0.25) is 5.32 Å². The SMILES string of the molecule is CN(C(=O)NCc1cccc(F)c1Cl)[C@@H](CCCNCCF)COC(=O)Nc1cc2cc(F)ccc2cn1. The number of alkyl halides is 1. The zero-order chi connectivity index (χ0) is 27.5. The van der Waals surface area contributed by atoms with Gasteiger partial charge in [0.2, 0.25) is 0 Å². The first-order valence-corrected chi connectivity index (χ1v) is 12.4. The Kier molecular flexibility index (Phi) is 11.0. The summed E-state index contributed by atoms with van der Waals surface area (Å²) < 4.78 is 44.9. The monoisotopic (exact) mass is 551 g/mol. The van der Waals surface area contributed by atoms with Gasteiger partial charge in [0.15, 0.2) is 0 Å². The van der Waals surface area contributed by atoms with Gasteiger partial charge >= 0.3 is 12.1 Å². The predicted molar refractivity (Wildman–Crippen MR) is 140 cm³/mol. The number of aromatic nitrogens is 1. The van der Waals surface area contributed by atoms with E-state index >= 15 is 0 Å². The van der Waals surface area contributed by atoms with Crippen molar-refractivity contribution in [3.05, 3.63) is 70.9 Å². The predicted octanol–water partition coefficient (Wildman–Crippen LogP) is 5.26. The van der Waals surface area contributed by atoms with Crippen molar-refractivity contribution in [1.82, 2.24) is 20.5 Å². The van der Waals surface area contributed by atoms with Crippen molar-refractivity contribution >= 4 is 40.3 Å². The molecule has 0 aliphatic carbocycles. The molecule has 3 N–H and O–H groups in total. The molecule has 2 aromatic carbocycles. The van der Waals surface area contributed by atoms with E-state index in [0.717, 1.165) is 0 Å². The lowest BCUT2D eigenvalue weighted by molar-refractivity contribution is 0.113. The minimum absolute atomic E-state index is 0.000112. The van der Waals surface area contributed by atoms with Gasteiger partial charge in [-0.25, -0.2) is 27.7 Å². The van der Waals surface area contributed by atoms with Gasteiger partial charge in [0.05, 0.1) is 11.1 Å². The van der Waals surface area contributed by atoms with E-state index in [1.54, 1.807) is 19.2 Å². The molecule has 1 heterocycles. The summed E-state index contributed by atoms with van der Waals surface area (Å²) in [5, 5.41) is 9.31. The van der Waals surface area contributed by atoms with Crippen molar-refractivity contribution in [3.8, 4) is 0 Å². The van der Waals surface area contributed by atoms with Gasteiger partial charge < -0.3 is 20.3 Å². The second kappa shape index (κ2) is 14.4. The molecule has 1 atom stereocenters. The molecule has 38 heavy (non-hydrogen) atoms. The average Bonchev–Trinajstić information content (AvgIpc) is 2.90. The summed E-state index contributed by atoms with van der Waals surface area (Å²) >= 11 is 5.96. The highest BCUT2D eigenvalue weighted by molar-refractivity contribution is 6.31. The van der Waals surface area contributed by atoms with Crippen LogP contribution in [0.2, 0.25) is 5.02 Å². The van der Waals surface area contributed by atoms with E-state index in [-0.39, 0.29) is 30.5 Å². The number of hydrogen-bond acceptors (Lipinski definition) is 5. The van der Waals surface area contributed by atoms with Crippen molar-refractivity contribution in [2.45, 2.75) is 25.4 Å². The fourth-order valence-electron chi connectivity index (χ4n) is 3.68. The largest absolute Gasteiger partial charge is 0.447 e. The lowest BCUT2D eigenvalue weighted by Gasteiger charge is -2.28. The number of nitrogens with one attached hydrogen (secondary N) is 3. The molecular formula is C26H29ClF3N5O3. The number of anilines is 1. The smallest absolute Gasteiger partial charge is 0.412 e. The summed E-state index contributed by atoms with van der Waals surface area (Å²) in [5.74, 6) is -0.823. The van der Waals surface area contributed by atoms with Crippen LogP contribution in [0, 0.1) is 11.6 Å². The highest BCUT2D eigenvalue weighted by atomic mass is 35.5. The average molecular weight is 552 g/mol. The number of likely N-dealkylation sites (N-methyl/N-ethyl adjacent to an activating group) is 1. The first-order valence-electron chi connectivity index (χ1n) is 12.0. The Bertz CT molecular complexity index is 1250. The third kappa shape index (κ3) is 8.49. The summed E-state index contributed by atoms with van der Waals surface area (Å²) in [6.07, 6.45) is 1.74. The molecule has 1 aromatic heterocycles. The zero-order valence-electron chi connectivity index (χ0n) is 20.8. The van der Waals surface area contributed by atoms with Crippen LogP contribution >= 0.6 is 11.6 Å². The van der Waals surface area contributed by atoms with Crippen LogP contribution in [0.15, 0.2) is 48.7 Å². The first-order chi connectivity index (χ1) is 18.3. The summed E-state index contributed by atoms with van der Waals surface area (Å²) in [6, 6.07) is 9.06. The molecule has 0 bridgehead atoms. The van der Waals surface area contributed by atoms with Crippen LogP contribution in [0.25, 0.3) is 10.8 Å². The van der Waals surface area contributed by atoms with Gasteiger partial charge in [0.25, 0.3) is 0 Å². The maximum Gasteiger partial charge on any atom is 0.412 e. The molecule has 0 saturated heterocycles. The number of carbonyl (C=O) groups excluding carboxylic acids is 2. The number of halogens is 4. The Morgan fingerprint density at radius 2 is 1.95 bits per heavy atom. The molecule has 0 aliphatic heterocycles. The normalized spacial score (nSPS) is 11.7. The van der Waals surface area contributed by atoms with Gasteiger partial charge in [-0.1, -0.05) is 23.7 Å². The molecule has 12 heteroatoms. The number of hydrogen-bond donors (Lipinski definition) is 3. The lowest BCUT2D eigenvalue weighted by atomic mass is 10.1. The number of carbonyl (C=O) groups is 2. The third-order valence-corrected chi connectivity index (χ3v) is 6.24. The number of fused-ring (bicyclic) bond motifs is 1. The van der Waals surface area contributed by atoms with E-state index in [9.17, 15) is 22.8 Å². The molecule has 0 saturated carbocycles. The molecule has 3 aromatic rings. The topological polar surface area (TPSA) is 95.6 Å². The summed E-state index contributed by atoms with van der Waals surface area (Å²) in [6.45, 7) is 0.102. The van der Waals surface area contributed by atoms with Gasteiger partial charge in [0.1, 0.15) is 30.7 Å². The first kappa shape index (κ1) is 29.0. The van der Waals surface area contributed by atoms with Crippen molar-refractivity contribution in [1.29, 1.82) is 0 Å². The number of nitrogens with zero attached hydrogens (tertiary/aromatic N) is 2. The van der Waals surface area contributed by atoms with E-state index in [4.69, 9.17) is 16.3 Å². The van der Waals surface area contributed by atoms with E-state index < -0.39 is 36.5 Å². The second-order valence-corrected chi connectivity index (χ2v) is 8.88. The number of pyridine rings is 1. The molecule has 0 unspecified atom stereocenters. The zero-order valence-corrected chi connectivity index (χ0v) is 21.5. The Balaban J connectivity index is 1.59. The molecule has 0 spiro atoms. The maximum atomic E-state index is 13.7. The van der Waals surface area contributed by atoms with E-state index in [2.05, 4.69) is 20.9 Å². The third-order valence-electron chi connectivity index (χ3n) is 5.81. The standard InChI is InChI=1S/C26H29ClF3N5O3/c1-35(25(36)33-15-18-4-2-6-22(30)24(18)27)21(5-3-10-31-11-9-28)16-38-26(37)34-23-13-19-12-20(29)8-7-17(19)14-32-23/h2,4,6-8,12-14,21,31H,3,5,9-11,15-16H2,1H3,(H,33,36)(H,32,34,37)/t21-/m0/s1. The quantitative estimate of drug-likeness (QED) is 0.267. The fraction of sp³-hybridized carbons (Fsp3) is 0.346. The lowest BCUT2D eigenvalue weighted by Crippen LogP contribution is -2.46. The Morgan fingerprint density at radius 3 is 2.74 bits per heavy atom. The van der Waals surface area contributed by atoms with Gasteiger partial charge in [-0.2, -0.15) is 0 Å². The molecule has 204 valence electrons. The highest BCUT2D eigenvalue weighted by Gasteiger charge is 2.22. The number of benzene rings is 2. The van der Waals surface area contributed by atoms with Gasteiger partial charge in [-0.05, 0) is 60.7 Å². The summed E-state index contributed by atoms with van der Waals surface area (Å²) in [4.78, 5) is 30.7. The Labute approximate surface area is 223 Å². The van der Waals surface area contributed by atoms with E-state index in [0.29, 0.717) is 35.7 Å². The van der Waals surface area contributed by atoms with Gasteiger partial charge in [-0.15, -0.1) is 0 Å². The van der Waals surface area contributed by atoms with Crippen molar-refractivity contribution < 1.29 is 27.5 Å². The highest BCUT2D eigenvalue weighted by Crippen LogP contribution is 2.20. The molecule has 0 aliphatic rings. The maximum absolute atomic E-state index is 13.7.